The molecular weight excluding hydrogens is 214 g/mol. The first-order valence-corrected chi connectivity index (χ1v) is 6.59. The van der Waals surface area contributed by atoms with E-state index < -0.39 is 0 Å². The van der Waals surface area contributed by atoms with Gasteiger partial charge in [0, 0.05) is 18.8 Å². The molecule has 17 heavy (non-hydrogen) atoms. The van der Waals surface area contributed by atoms with Crippen LogP contribution in [0.2, 0.25) is 0 Å². The molecule has 0 spiro atoms. The van der Waals surface area contributed by atoms with Crippen molar-refractivity contribution in [2.75, 3.05) is 0 Å². The summed E-state index contributed by atoms with van der Waals surface area (Å²) in [6, 6.07) is 0. The number of hydrogen-bond acceptors (Lipinski definition) is 2. The second kappa shape index (κ2) is 6.42. The predicted octanol–water partition coefficient (Wildman–Crippen LogP) is 2.39. The Morgan fingerprint density at radius 3 is 2.76 bits per heavy atom. The zero-order valence-electron chi connectivity index (χ0n) is 10.2. The molecule has 1 aliphatic carbocycles. The Kier molecular flexibility index (Phi) is 4.59. The highest BCUT2D eigenvalue weighted by Crippen LogP contribution is 2.25. The van der Waals surface area contributed by atoms with E-state index in [0.717, 1.165) is 5.82 Å². The minimum Gasteiger partial charge on any atom is -0.349 e. The third-order valence-electron chi connectivity index (χ3n) is 3.46. The number of hydrogen-bond donors (Lipinski definition) is 2. The SMILES string of the molecule is O=C(CC1CCCCCC1)NCc1ncc[nH]1. The van der Waals surface area contributed by atoms with Gasteiger partial charge in [-0.3, -0.25) is 4.79 Å². The minimum atomic E-state index is 0.160. The smallest absolute Gasteiger partial charge is 0.220 e. The summed E-state index contributed by atoms with van der Waals surface area (Å²) in [7, 11) is 0. The molecule has 0 saturated heterocycles. The summed E-state index contributed by atoms with van der Waals surface area (Å²) >= 11 is 0. The number of nitrogens with zero attached hydrogens (tertiary/aromatic N) is 1. The molecule has 0 radical (unpaired) electrons. The molecule has 0 bridgehead atoms. The average Bonchev–Trinajstić information content (AvgIpc) is 2.72. The highest BCUT2D eigenvalue weighted by molar-refractivity contribution is 5.76. The lowest BCUT2D eigenvalue weighted by atomic mass is 9.96. The van der Waals surface area contributed by atoms with Crippen LogP contribution in [-0.2, 0) is 11.3 Å². The highest BCUT2D eigenvalue weighted by Gasteiger charge is 2.15. The molecule has 4 heteroatoms. The van der Waals surface area contributed by atoms with Crippen LogP contribution in [0, 0.1) is 5.92 Å². The Balaban J connectivity index is 1.69. The van der Waals surface area contributed by atoms with Crippen molar-refractivity contribution < 1.29 is 4.79 Å². The van der Waals surface area contributed by atoms with E-state index in [4.69, 9.17) is 0 Å². The first-order valence-electron chi connectivity index (χ1n) is 6.59. The number of imidazole rings is 1. The van der Waals surface area contributed by atoms with E-state index in [1.54, 1.807) is 12.4 Å². The van der Waals surface area contributed by atoms with E-state index in [1.165, 1.54) is 38.5 Å². The third kappa shape index (κ3) is 4.21. The van der Waals surface area contributed by atoms with Gasteiger partial charge in [-0.2, -0.15) is 0 Å². The quantitative estimate of drug-likeness (QED) is 0.787. The van der Waals surface area contributed by atoms with Crippen molar-refractivity contribution in [2.45, 2.75) is 51.5 Å². The van der Waals surface area contributed by atoms with E-state index in [1.807, 2.05) is 0 Å². The van der Waals surface area contributed by atoms with Crippen molar-refractivity contribution >= 4 is 5.91 Å². The normalized spacial score (nSPS) is 17.6. The number of aromatic nitrogens is 2. The van der Waals surface area contributed by atoms with Crippen LogP contribution in [0.4, 0.5) is 0 Å². The van der Waals surface area contributed by atoms with Crippen molar-refractivity contribution in [3.05, 3.63) is 18.2 Å². The zero-order chi connectivity index (χ0) is 11.9. The number of rotatable bonds is 4. The Morgan fingerprint density at radius 2 is 2.12 bits per heavy atom. The molecular formula is C13H21N3O. The van der Waals surface area contributed by atoms with Gasteiger partial charge in [-0.05, 0) is 18.8 Å². The molecule has 2 N–H and O–H groups in total. The Morgan fingerprint density at radius 1 is 1.35 bits per heavy atom. The summed E-state index contributed by atoms with van der Waals surface area (Å²) in [5.41, 5.74) is 0. The maximum atomic E-state index is 11.8. The van der Waals surface area contributed by atoms with Crippen LogP contribution >= 0.6 is 0 Å². The Labute approximate surface area is 102 Å². The van der Waals surface area contributed by atoms with Crippen LogP contribution in [0.1, 0.15) is 50.8 Å². The second-order valence-electron chi connectivity index (χ2n) is 4.87. The topological polar surface area (TPSA) is 57.8 Å². The lowest BCUT2D eigenvalue weighted by molar-refractivity contribution is -0.122. The second-order valence-corrected chi connectivity index (χ2v) is 4.87. The summed E-state index contributed by atoms with van der Waals surface area (Å²) in [5, 5.41) is 2.92. The van der Waals surface area contributed by atoms with Crippen LogP contribution in [0.3, 0.4) is 0 Å². The summed E-state index contributed by atoms with van der Waals surface area (Å²) in [4.78, 5) is 18.8. The fraction of sp³-hybridized carbons (Fsp3) is 0.692. The largest absolute Gasteiger partial charge is 0.349 e. The molecule has 94 valence electrons. The first-order chi connectivity index (χ1) is 8.34. The summed E-state index contributed by atoms with van der Waals surface area (Å²) < 4.78 is 0. The van der Waals surface area contributed by atoms with Crippen molar-refractivity contribution in [3.8, 4) is 0 Å². The van der Waals surface area contributed by atoms with Gasteiger partial charge in [0.1, 0.15) is 5.82 Å². The van der Waals surface area contributed by atoms with Gasteiger partial charge >= 0.3 is 0 Å². The number of amides is 1. The van der Waals surface area contributed by atoms with Crippen molar-refractivity contribution in [1.82, 2.24) is 15.3 Å². The van der Waals surface area contributed by atoms with Gasteiger partial charge in [-0.15, -0.1) is 0 Å². The van der Waals surface area contributed by atoms with E-state index in [0.29, 0.717) is 18.9 Å². The zero-order valence-corrected chi connectivity index (χ0v) is 10.2. The monoisotopic (exact) mass is 235 g/mol. The molecule has 1 aliphatic rings. The van der Waals surface area contributed by atoms with Crippen LogP contribution in [0.15, 0.2) is 12.4 Å². The number of H-pyrrole nitrogens is 1. The molecule has 1 amide bonds. The minimum absolute atomic E-state index is 0.160. The number of aromatic amines is 1. The predicted molar refractivity (Wildman–Crippen MR) is 66.2 cm³/mol. The van der Waals surface area contributed by atoms with Crippen LogP contribution in [-0.4, -0.2) is 15.9 Å². The Hall–Kier alpha value is -1.32. The molecule has 1 aromatic heterocycles. The van der Waals surface area contributed by atoms with Gasteiger partial charge in [0.2, 0.25) is 5.91 Å². The van der Waals surface area contributed by atoms with Gasteiger partial charge in [0.15, 0.2) is 0 Å². The van der Waals surface area contributed by atoms with Gasteiger partial charge < -0.3 is 10.3 Å². The van der Waals surface area contributed by atoms with Crippen molar-refractivity contribution in [3.63, 3.8) is 0 Å². The van der Waals surface area contributed by atoms with Gasteiger partial charge in [-0.25, -0.2) is 4.98 Å². The number of nitrogens with one attached hydrogen (secondary N) is 2. The van der Waals surface area contributed by atoms with E-state index in [9.17, 15) is 4.79 Å². The van der Waals surface area contributed by atoms with Crippen LogP contribution in [0.5, 0.6) is 0 Å². The van der Waals surface area contributed by atoms with Gasteiger partial charge in [0.25, 0.3) is 0 Å². The standard InChI is InChI=1S/C13H21N3O/c17-13(16-10-12-14-7-8-15-12)9-11-5-3-1-2-4-6-11/h7-8,11H,1-6,9-10H2,(H,14,15)(H,16,17). The van der Waals surface area contributed by atoms with Gasteiger partial charge in [-0.1, -0.05) is 25.7 Å². The molecule has 0 aliphatic heterocycles. The van der Waals surface area contributed by atoms with Gasteiger partial charge in [0.05, 0.1) is 6.54 Å². The van der Waals surface area contributed by atoms with Crippen molar-refractivity contribution in [2.24, 2.45) is 5.92 Å². The number of carbonyl (C=O) groups is 1. The summed E-state index contributed by atoms with van der Waals surface area (Å²) in [6.45, 7) is 0.512. The fourth-order valence-corrected chi connectivity index (χ4v) is 2.48. The van der Waals surface area contributed by atoms with Crippen molar-refractivity contribution in [1.29, 1.82) is 0 Å². The molecule has 1 fully saturated rings. The lowest BCUT2D eigenvalue weighted by Gasteiger charge is -2.13. The first kappa shape index (κ1) is 12.1. The Bertz CT molecular complexity index is 326. The lowest BCUT2D eigenvalue weighted by Crippen LogP contribution is -2.25. The van der Waals surface area contributed by atoms with Crippen LogP contribution in [0.25, 0.3) is 0 Å². The molecule has 2 rings (SSSR count). The maximum Gasteiger partial charge on any atom is 0.220 e. The maximum absolute atomic E-state index is 11.8. The fourth-order valence-electron chi connectivity index (χ4n) is 2.48. The molecule has 0 aromatic carbocycles. The van der Waals surface area contributed by atoms with E-state index in [-0.39, 0.29) is 5.91 Å². The van der Waals surface area contributed by atoms with Crippen LogP contribution < -0.4 is 5.32 Å². The molecule has 4 nitrogen and oxygen atoms in total. The summed E-state index contributed by atoms with van der Waals surface area (Å²) in [6.07, 6.45) is 11.8. The molecule has 0 atom stereocenters. The molecule has 1 heterocycles. The average molecular weight is 235 g/mol. The molecule has 1 aromatic rings. The molecule has 0 unspecified atom stereocenters. The summed E-state index contributed by atoms with van der Waals surface area (Å²) in [5.74, 6) is 1.57. The van der Waals surface area contributed by atoms with E-state index >= 15 is 0 Å². The third-order valence-corrected chi connectivity index (χ3v) is 3.46. The number of carbonyl (C=O) groups excluding carboxylic acids is 1. The van der Waals surface area contributed by atoms with E-state index in [2.05, 4.69) is 15.3 Å². The molecule has 1 saturated carbocycles. The highest BCUT2D eigenvalue weighted by atomic mass is 16.1.